The molecule has 0 atom stereocenters. The fourth-order valence-electron chi connectivity index (χ4n) is 2.43. The summed E-state index contributed by atoms with van der Waals surface area (Å²) in [6.07, 6.45) is 0. The third-order valence-electron chi connectivity index (χ3n) is 3.93. The highest BCUT2D eigenvalue weighted by Gasteiger charge is 2.11. The summed E-state index contributed by atoms with van der Waals surface area (Å²) in [7, 11) is 1.62. The lowest BCUT2D eigenvalue weighted by Crippen LogP contribution is -2.28. The Morgan fingerprint density at radius 2 is 1.73 bits per heavy atom. The van der Waals surface area contributed by atoms with Crippen molar-refractivity contribution in [2.45, 2.75) is 20.1 Å². The summed E-state index contributed by atoms with van der Waals surface area (Å²) >= 11 is 6.40. The van der Waals surface area contributed by atoms with Crippen LogP contribution in [0.2, 0.25) is 5.02 Å². The molecule has 6 heteroatoms. The molecule has 0 heterocycles. The zero-order valence-corrected chi connectivity index (χ0v) is 16.1. The van der Waals surface area contributed by atoms with Crippen molar-refractivity contribution in [3.63, 3.8) is 0 Å². The Bertz CT molecular complexity index is 678. The van der Waals surface area contributed by atoms with Gasteiger partial charge in [-0.05, 0) is 24.1 Å². The number of halogens is 1. The molecule has 0 aliphatic heterocycles. The molecule has 26 heavy (non-hydrogen) atoms. The van der Waals surface area contributed by atoms with Crippen molar-refractivity contribution in [1.29, 1.82) is 0 Å². The third kappa shape index (κ3) is 6.50. The number of nitrogens with one attached hydrogen (secondary N) is 2. The molecule has 0 aromatic heterocycles. The van der Waals surface area contributed by atoms with E-state index in [1.807, 2.05) is 18.2 Å². The monoisotopic (exact) mass is 378 g/mol. The number of hydrogen-bond donors (Lipinski definition) is 3. The second kappa shape index (κ2) is 11.0. The molecule has 0 aliphatic rings. The van der Waals surface area contributed by atoms with Crippen LogP contribution in [-0.2, 0) is 13.2 Å². The first-order valence-corrected chi connectivity index (χ1v) is 9.09. The van der Waals surface area contributed by atoms with Crippen molar-refractivity contribution in [2.75, 3.05) is 33.4 Å². The molecule has 0 unspecified atom stereocenters. The summed E-state index contributed by atoms with van der Waals surface area (Å²) in [6, 6.07) is 11.9. The minimum atomic E-state index is 0.146. The zero-order chi connectivity index (χ0) is 18.8. The van der Waals surface area contributed by atoms with E-state index >= 15 is 0 Å². The summed E-state index contributed by atoms with van der Waals surface area (Å²) in [4.78, 5) is 0. The van der Waals surface area contributed by atoms with Gasteiger partial charge < -0.3 is 25.2 Å². The zero-order valence-electron chi connectivity index (χ0n) is 15.3. The molecule has 0 bridgehead atoms. The van der Waals surface area contributed by atoms with E-state index in [4.69, 9.17) is 26.2 Å². The topological polar surface area (TPSA) is 62.8 Å². The fraction of sp³-hybridized carbons (Fsp3) is 0.400. The number of hydrogen-bond acceptors (Lipinski definition) is 5. The lowest BCUT2D eigenvalue weighted by Gasteiger charge is -2.14. The second-order valence-electron chi connectivity index (χ2n) is 6.02. The summed E-state index contributed by atoms with van der Waals surface area (Å²) in [6.45, 7) is 5.46. The van der Waals surface area contributed by atoms with E-state index in [1.54, 1.807) is 13.2 Å². The molecular formula is C20H27ClN2O3. The van der Waals surface area contributed by atoms with Gasteiger partial charge in [0.05, 0.1) is 13.7 Å². The quantitative estimate of drug-likeness (QED) is 0.525. The van der Waals surface area contributed by atoms with E-state index < -0.39 is 0 Å². The van der Waals surface area contributed by atoms with Gasteiger partial charge in [-0.25, -0.2) is 0 Å². The van der Waals surface area contributed by atoms with Gasteiger partial charge in [-0.2, -0.15) is 0 Å². The van der Waals surface area contributed by atoms with Crippen molar-refractivity contribution in [3.8, 4) is 11.5 Å². The summed E-state index contributed by atoms with van der Waals surface area (Å²) in [5.74, 6) is 1.29. The average Bonchev–Trinajstić information content (AvgIpc) is 2.65. The standard InChI is InChI=1S/C20H27ClN2O3/c1-15-3-5-16(6-4-15)14-26-20-12-18(21)17(11-19(20)25-2)13-23-8-7-22-9-10-24/h3-6,11-12,22-24H,7-10,13-14H2,1-2H3. The molecule has 0 amide bonds. The van der Waals surface area contributed by atoms with Gasteiger partial charge in [0.15, 0.2) is 11.5 Å². The van der Waals surface area contributed by atoms with Gasteiger partial charge in [0.1, 0.15) is 6.61 Å². The van der Waals surface area contributed by atoms with E-state index in [-0.39, 0.29) is 6.61 Å². The molecule has 5 nitrogen and oxygen atoms in total. The maximum atomic E-state index is 8.72. The van der Waals surface area contributed by atoms with Crippen LogP contribution in [0.25, 0.3) is 0 Å². The van der Waals surface area contributed by atoms with Gasteiger partial charge in [0, 0.05) is 37.3 Å². The number of aliphatic hydroxyl groups is 1. The molecule has 0 fully saturated rings. The first-order chi connectivity index (χ1) is 12.6. The maximum Gasteiger partial charge on any atom is 0.163 e. The number of ether oxygens (including phenoxy) is 2. The number of benzene rings is 2. The van der Waals surface area contributed by atoms with E-state index in [0.29, 0.717) is 36.2 Å². The Balaban J connectivity index is 1.93. The van der Waals surface area contributed by atoms with E-state index in [2.05, 4.69) is 29.7 Å². The number of rotatable bonds is 11. The predicted molar refractivity (Wildman–Crippen MR) is 105 cm³/mol. The van der Waals surface area contributed by atoms with Crippen LogP contribution in [0.5, 0.6) is 11.5 Å². The van der Waals surface area contributed by atoms with Crippen molar-refractivity contribution < 1.29 is 14.6 Å². The average molecular weight is 379 g/mol. The van der Waals surface area contributed by atoms with Crippen LogP contribution in [-0.4, -0.2) is 38.5 Å². The Morgan fingerprint density at radius 1 is 1.00 bits per heavy atom. The molecule has 3 N–H and O–H groups in total. The highest BCUT2D eigenvalue weighted by atomic mass is 35.5. The van der Waals surface area contributed by atoms with Crippen molar-refractivity contribution in [2.24, 2.45) is 0 Å². The smallest absolute Gasteiger partial charge is 0.163 e. The molecule has 0 spiro atoms. The predicted octanol–water partition coefficient (Wildman–Crippen LogP) is 2.91. The van der Waals surface area contributed by atoms with Crippen LogP contribution in [0.15, 0.2) is 36.4 Å². The number of methoxy groups -OCH3 is 1. The van der Waals surface area contributed by atoms with Crippen LogP contribution in [0.1, 0.15) is 16.7 Å². The SMILES string of the molecule is COc1cc(CNCCNCCO)c(Cl)cc1OCc1ccc(C)cc1. The van der Waals surface area contributed by atoms with Crippen LogP contribution < -0.4 is 20.1 Å². The molecule has 2 rings (SSSR count). The summed E-state index contributed by atoms with van der Waals surface area (Å²) in [5.41, 5.74) is 3.26. The van der Waals surface area contributed by atoms with Gasteiger partial charge in [-0.1, -0.05) is 41.4 Å². The van der Waals surface area contributed by atoms with E-state index in [1.165, 1.54) is 5.56 Å². The van der Waals surface area contributed by atoms with Crippen molar-refractivity contribution >= 4 is 11.6 Å². The fourth-order valence-corrected chi connectivity index (χ4v) is 2.65. The Labute approximate surface area is 160 Å². The van der Waals surface area contributed by atoms with Crippen LogP contribution >= 0.6 is 11.6 Å². The Hall–Kier alpha value is -1.79. The molecule has 0 aliphatic carbocycles. The maximum absolute atomic E-state index is 8.72. The number of aryl methyl sites for hydroxylation is 1. The third-order valence-corrected chi connectivity index (χ3v) is 4.28. The molecular weight excluding hydrogens is 352 g/mol. The van der Waals surface area contributed by atoms with Crippen molar-refractivity contribution in [3.05, 3.63) is 58.1 Å². The van der Waals surface area contributed by atoms with Crippen LogP contribution in [0.4, 0.5) is 0 Å². The highest BCUT2D eigenvalue weighted by Crippen LogP contribution is 2.33. The van der Waals surface area contributed by atoms with Crippen LogP contribution in [0.3, 0.4) is 0 Å². The molecule has 0 saturated heterocycles. The van der Waals surface area contributed by atoms with Gasteiger partial charge in [0.25, 0.3) is 0 Å². The first-order valence-electron chi connectivity index (χ1n) is 8.71. The van der Waals surface area contributed by atoms with Crippen molar-refractivity contribution in [1.82, 2.24) is 10.6 Å². The first kappa shape index (κ1) is 20.5. The van der Waals surface area contributed by atoms with Crippen LogP contribution in [0, 0.1) is 6.92 Å². The largest absolute Gasteiger partial charge is 0.493 e. The molecule has 0 radical (unpaired) electrons. The number of aliphatic hydroxyl groups excluding tert-OH is 1. The highest BCUT2D eigenvalue weighted by molar-refractivity contribution is 6.31. The van der Waals surface area contributed by atoms with Gasteiger partial charge in [0.2, 0.25) is 0 Å². The minimum absolute atomic E-state index is 0.146. The van der Waals surface area contributed by atoms with Gasteiger partial charge in [-0.15, -0.1) is 0 Å². The molecule has 2 aromatic carbocycles. The Kier molecular flexibility index (Phi) is 8.71. The molecule has 0 saturated carbocycles. The lowest BCUT2D eigenvalue weighted by atomic mass is 10.1. The summed E-state index contributed by atoms with van der Waals surface area (Å²) in [5, 5.41) is 15.8. The van der Waals surface area contributed by atoms with Gasteiger partial charge in [-0.3, -0.25) is 0 Å². The minimum Gasteiger partial charge on any atom is -0.493 e. The molecule has 2 aromatic rings. The van der Waals surface area contributed by atoms with E-state index in [9.17, 15) is 0 Å². The summed E-state index contributed by atoms with van der Waals surface area (Å²) < 4.78 is 11.4. The Morgan fingerprint density at radius 3 is 2.42 bits per heavy atom. The lowest BCUT2D eigenvalue weighted by molar-refractivity contribution is 0.284. The normalized spacial score (nSPS) is 10.8. The van der Waals surface area contributed by atoms with E-state index in [0.717, 1.165) is 24.2 Å². The van der Waals surface area contributed by atoms with Gasteiger partial charge >= 0.3 is 0 Å². The molecule has 142 valence electrons. The second-order valence-corrected chi connectivity index (χ2v) is 6.43.